The van der Waals surface area contributed by atoms with E-state index in [0.29, 0.717) is 25.6 Å². The number of piperidine rings is 1. The Morgan fingerprint density at radius 3 is 2.66 bits per heavy atom. The van der Waals surface area contributed by atoms with E-state index in [-0.39, 0.29) is 28.5 Å². The first-order valence-electron chi connectivity index (χ1n) is 12.2. The lowest BCUT2D eigenvalue weighted by molar-refractivity contribution is -0.386. The Bertz CT molecular complexity index is 1560. The summed E-state index contributed by atoms with van der Waals surface area (Å²) in [5, 5.41) is 11.7. The summed E-state index contributed by atoms with van der Waals surface area (Å²) in [5.41, 5.74) is 5.32. The number of Topliss-reactive ketones (excluding diaryl/α,β-unsaturated/α-hetero) is 1. The zero-order valence-corrected chi connectivity index (χ0v) is 21.8. The summed E-state index contributed by atoms with van der Waals surface area (Å²) in [4.78, 5) is 57.9. The molecule has 1 atom stereocenters. The standard InChI is InChI=1S/C25H31N7O6/c1-15(2)10-12-30-21-22(27-24(30)29-11-6-7-16(26)13-29)28(3)25(35)31(23(21)34)14-18(33)17-8-5-9-19(38-4)20(17)32(36)37/h5,8-10,16H,6-7,11-14,26H2,1-4H3. The molecular weight excluding hydrogens is 494 g/mol. The fourth-order valence-corrected chi connectivity index (χ4v) is 4.71. The molecule has 2 aromatic heterocycles. The van der Waals surface area contributed by atoms with Gasteiger partial charge in [0.05, 0.1) is 18.6 Å². The van der Waals surface area contributed by atoms with Gasteiger partial charge >= 0.3 is 11.4 Å². The largest absolute Gasteiger partial charge is 0.490 e. The number of nitrogens with two attached hydrogens (primary N) is 1. The number of nitrogens with zero attached hydrogens (tertiary/aromatic N) is 6. The molecule has 0 saturated carbocycles. The number of ketones is 1. The number of aromatic nitrogens is 4. The van der Waals surface area contributed by atoms with Crippen molar-refractivity contribution in [2.45, 2.75) is 45.8 Å². The summed E-state index contributed by atoms with van der Waals surface area (Å²) >= 11 is 0. The quantitative estimate of drug-likeness (QED) is 0.199. The van der Waals surface area contributed by atoms with Gasteiger partial charge in [-0.05, 0) is 38.8 Å². The summed E-state index contributed by atoms with van der Waals surface area (Å²) in [6, 6.07) is 4.03. The third-order valence-corrected chi connectivity index (χ3v) is 6.64. The van der Waals surface area contributed by atoms with Crippen LogP contribution in [0, 0.1) is 10.1 Å². The van der Waals surface area contributed by atoms with E-state index in [4.69, 9.17) is 10.5 Å². The number of para-hydroxylation sites is 1. The molecule has 2 N–H and O–H groups in total. The number of rotatable bonds is 8. The van der Waals surface area contributed by atoms with E-state index in [1.165, 1.54) is 36.9 Å². The summed E-state index contributed by atoms with van der Waals surface area (Å²) in [6.07, 6.45) is 3.69. The number of anilines is 1. The Morgan fingerprint density at radius 2 is 2.03 bits per heavy atom. The summed E-state index contributed by atoms with van der Waals surface area (Å²) in [5.74, 6) is -0.347. The number of carbonyl (C=O) groups is 1. The second-order valence-corrected chi connectivity index (χ2v) is 9.59. The van der Waals surface area contributed by atoms with Crippen molar-refractivity contribution in [3.8, 4) is 5.75 Å². The minimum Gasteiger partial charge on any atom is -0.490 e. The Kier molecular flexibility index (Phi) is 7.49. The fourth-order valence-electron chi connectivity index (χ4n) is 4.71. The van der Waals surface area contributed by atoms with Crippen molar-refractivity contribution in [2.24, 2.45) is 12.8 Å². The van der Waals surface area contributed by atoms with E-state index in [1.54, 1.807) is 4.57 Å². The van der Waals surface area contributed by atoms with Gasteiger partial charge < -0.3 is 19.9 Å². The minimum atomic E-state index is -0.772. The van der Waals surface area contributed by atoms with E-state index in [0.717, 1.165) is 23.0 Å². The number of aryl methyl sites for hydroxylation is 1. The van der Waals surface area contributed by atoms with Crippen LogP contribution in [0.3, 0.4) is 0 Å². The monoisotopic (exact) mass is 525 g/mol. The molecule has 1 aliphatic heterocycles. The van der Waals surface area contributed by atoms with Crippen LogP contribution in [-0.4, -0.2) is 55.6 Å². The summed E-state index contributed by atoms with van der Waals surface area (Å²) in [6.45, 7) is 4.76. The first-order chi connectivity index (χ1) is 18.0. The molecule has 1 aromatic carbocycles. The fraction of sp³-hybridized carbons (Fsp3) is 0.440. The number of hydrogen-bond acceptors (Lipinski definition) is 9. The Hall–Kier alpha value is -4.26. The van der Waals surface area contributed by atoms with Crippen LogP contribution in [0.15, 0.2) is 39.4 Å². The van der Waals surface area contributed by atoms with Crippen LogP contribution in [0.25, 0.3) is 11.2 Å². The highest BCUT2D eigenvalue weighted by molar-refractivity contribution is 6.00. The molecule has 0 aliphatic carbocycles. The third-order valence-electron chi connectivity index (χ3n) is 6.64. The van der Waals surface area contributed by atoms with Crippen molar-refractivity contribution >= 4 is 28.6 Å². The van der Waals surface area contributed by atoms with Crippen molar-refractivity contribution in [3.05, 3.63) is 66.4 Å². The molecule has 0 spiro atoms. The molecule has 13 nitrogen and oxygen atoms in total. The maximum Gasteiger partial charge on any atom is 0.332 e. The molecule has 0 radical (unpaired) electrons. The molecule has 0 amide bonds. The number of imidazole rings is 1. The number of nitro groups is 1. The Balaban J connectivity index is 1.89. The number of fused-ring (bicyclic) bond motifs is 1. The van der Waals surface area contributed by atoms with Gasteiger partial charge in [0, 0.05) is 32.7 Å². The molecule has 3 aromatic rings. The molecule has 13 heteroatoms. The van der Waals surface area contributed by atoms with Gasteiger partial charge in [-0.15, -0.1) is 0 Å². The average Bonchev–Trinajstić information content (AvgIpc) is 3.27. The molecule has 1 saturated heterocycles. The van der Waals surface area contributed by atoms with E-state index >= 15 is 0 Å². The molecule has 3 heterocycles. The van der Waals surface area contributed by atoms with Gasteiger partial charge in [-0.3, -0.25) is 28.8 Å². The van der Waals surface area contributed by atoms with Gasteiger partial charge in [0.1, 0.15) is 5.56 Å². The van der Waals surface area contributed by atoms with Gasteiger partial charge in [-0.1, -0.05) is 17.7 Å². The number of benzene rings is 1. The highest BCUT2D eigenvalue weighted by Crippen LogP contribution is 2.31. The second kappa shape index (κ2) is 10.6. The first-order valence-corrected chi connectivity index (χ1v) is 12.2. The van der Waals surface area contributed by atoms with Crippen molar-refractivity contribution in [2.75, 3.05) is 25.1 Å². The van der Waals surface area contributed by atoms with Crippen LogP contribution < -0.4 is 26.6 Å². The molecule has 0 bridgehead atoms. The summed E-state index contributed by atoms with van der Waals surface area (Å²) in [7, 11) is 2.73. The lowest BCUT2D eigenvalue weighted by Crippen LogP contribution is -2.44. The van der Waals surface area contributed by atoms with Gasteiger partial charge in [-0.25, -0.2) is 4.79 Å². The molecule has 38 heavy (non-hydrogen) atoms. The maximum absolute atomic E-state index is 13.8. The molecular formula is C25H31N7O6. The van der Waals surface area contributed by atoms with Crippen LogP contribution in [0.4, 0.5) is 11.6 Å². The Morgan fingerprint density at radius 1 is 1.29 bits per heavy atom. The number of nitro benzene ring substituents is 1. The van der Waals surface area contributed by atoms with E-state index in [2.05, 4.69) is 4.98 Å². The number of carbonyl (C=O) groups excluding carboxylic acids is 1. The molecule has 4 rings (SSSR count). The van der Waals surface area contributed by atoms with Crippen LogP contribution in [-0.2, 0) is 20.1 Å². The maximum atomic E-state index is 13.8. The molecule has 1 unspecified atom stereocenters. The van der Waals surface area contributed by atoms with Crippen molar-refractivity contribution in [1.29, 1.82) is 0 Å². The van der Waals surface area contributed by atoms with Gasteiger partial charge in [-0.2, -0.15) is 4.98 Å². The van der Waals surface area contributed by atoms with Crippen LogP contribution in [0.2, 0.25) is 0 Å². The molecule has 1 aliphatic rings. The number of hydrogen-bond donors (Lipinski definition) is 1. The van der Waals surface area contributed by atoms with Crippen molar-refractivity contribution < 1.29 is 14.5 Å². The van der Waals surface area contributed by atoms with Crippen LogP contribution >= 0.6 is 0 Å². The van der Waals surface area contributed by atoms with Gasteiger partial charge in [0.2, 0.25) is 5.95 Å². The molecule has 202 valence electrons. The zero-order valence-electron chi connectivity index (χ0n) is 21.8. The minimum absolute atomic E-state index is 0.0442. The lowest BCUT2D eigenvalue weighted by Gasteiger charge is -2.31. The summed E-state index contributed by atoms with van der Waals surface area (Å²) < 4.78 is 8.79. The Labute approximate surface area is 217 Å². The van der Waals surface area contributed by atoms with Crippen LogP contribution in [0.5, 0.6) is 5.75 Å². The predicted molar refractivity (Wildman–Crippen MR) is 142 cm³/mol. The van der Waals surface area contributed by atoms with Gasteiger partial charge in [0.25, 0.3) is 5.56 Å². The van der Waals surface area contributed by atoms with Crippen molar-refractivity contribution in [1.82, 2.24) is 18.7 Å². The van der Waals surface area contributed by atoms with E-state index in [1.807, 2.05) is 24.8 Å². The molecule has 1 fully saturated rings. The normalized spacial score (nSPS) is 15.5. The number of allylic oxidation sites excluding steroid dienone is 2. The number of ether oxygens (including phenoxy) is 1. The average molecular weight is 526 g/mol. The number of methoxy groups -OCH3 is 1. The van der Waals surface area contributed by atoms with Crippen LogP contribution in [0.1, 0.15) is 37.0 Å². The van der Waals surface area contributed by atoms with E-state index < -0.39 is 34.2 Å². The lowest BCUT2D eigenvalue weighted by atomic mass is 10.1. The highest BCUT2D eigenvalue weighted by atomic mass is 16.6. The third kappa shape index (κ3) is 4.84. The van der Waals surface area contributed by atoms with Crippen molar-refractivity contribution in [3.63, 3.8) is 0 Å². The topological polar surface area (TPSA) is 161 Å². The first kappa shape index (κ1) is 26.8. The smallest absolute Gasteiger partial charge is 0.332 e. The SMILES string of the molecule is COc1cccc(C(=O)Cn2c(=O)c3c(nc(N4CCCC(N)C4)n3CC=C(C)C)n(C)c2=O)c1[N+](=O)[O-]. The predicted octanol–water partition coefficient (Wildman–Crippen LogP) is 1.59. The zero-order chi connectivity index (χ0) is 27.7. The second-order valence-electron chi connectivity index (χ2n) is 9.59. The van der Waals surface area contributed by atoms with Gasteiger partial charge in [0.15, 0.2) is 22.7 Å². The highest BCUT2D eigenvalue weighted by Gasteiger charge is 2.29. The van der Waals surface area contributed by atoms with E-state index in [9.17, 15) is 24.5 Å².